The third-order valence-electron chi connectivity index (χ3n) is 2.13. The van der Waals surface area contributed by atoms with Gasteiger partial charge >= 0.3 is 6.16 Å². The van der Waals surface area contributed by atoms with Gasteiger partial charge in [0.05, 0.1) is 7.11 Å². The number of thiazole rings is 1. The number of nitrogens with zero attached hydrogens (tertiary/aromatic N) is 1. The molecule has 1 aromatic heterocycles. The van der Waals surface area contributed by atoms with Gasteiger partial charge in [-0.15, -0.1) is 0 Å². The van der Waals surface area contributed by atoms with Crippen molar-refractivity contribution in [3.05, 3.63) is 24.3 Å². The first-order valence-corrected chi connectivity index (χ1v) is 5.73. The van der Waals surface area contributed by atoms with Crippen molar-refractivity contribution in [3.63, 3.8) is 0 Å². The van der Waals surface area contributed by atoms with Crippen LogP contribution >= 0.6 is 11.3 Å². The van der Waals surface area contributed by atoms with Gasteiger partial charge in [0, 0.05) is 5.56 Å². The topological polar surface area (TPSA) is 94.7 Å². The Morgan fingerprint density at radius 2 is 2.28 bits per heavy atom. The Hall–Kier alpha value is -2.28. The first-order chi connectivity index (χ1) is 8.60. The maximum atomic E-state index is 10.6. The van der Waals surface area contributed by atoms with E-state index in [9.17, 15) is 4.79 Å². The number of methoxy groups -OCH3 is 1. The molecule has 0 aliphatic rings. The van der Waals surface area contributed by atoms with Crippen molar-refractivity contribution in [1.82, 2.24) is 4.98 Å². The van der Waals surface area contributed by atoms with Gasteiger partial charge in [-0.05, 0) is 12.1 Å². The molecule has 0 bridgehead atoms. The lowest BCUT2D eigenvalue weighted by Crippen LogP contribution is -2.04. The Morgan fingerprint density at radius 1 is 1.50 bits per heavy atom. The zero-order valence-corrected chi connectivity index (χ0v) is 10.2. The summed E-state index contributed by atoms with van der Waals surface area (Å²) < 4.78 is 9.69. The van der Waals surface area contributed by atoms with Crippen LogP contribution in [0.4, 0.5) is 9.93 Å². The van der Waals surface area contributed by atoms with Gasteiger partial charge in [0.1, 0.15) is 10.6 Å². The Kier molecular flexibility index (Phi) is 3.33. The van der Waals surface area contributed by atoms with Crippen molar-refractivity contribution < 1.29 is 19.4 Å². The maximum absolute atomic E-state index is 10.6. The summed E-state index contributed by atoms with van der Waals surface area (Å²) in [6.45, 7) is 0. The molecule has 0 atom stereocenters. The molecule has 0 spiro atoms. The Labute approximate surface area is 107 Å². The molecule has 0 saturated carbocycles. The Bertz CT molecular complexity index is 582. The summed E-state index contributed by atoms with van der Waals surface area (Å²) in [4.78, 5) is 14.9. The fraction of sp³-hybridized carbons (Fsp3) is 0.0909. The molecule has 0 amide bonds. The number of benzene rings is 1. The zero-order valence-electron chi connectivity index (χ0n) is 9.41. The van der Waals surface area contributed by atoms with E-state index in [0.29, 0.717) is 10.6 Å². The number of aromatic nitrogens is 1. The van der Waals surface area contributed by atoms with Crippen LogP contribution in [0.3, 0.4) is 0 Å². The number of nitrogens with two attached hydrogens (primary N) is 1. The highest BCUT2D eigenvalue weighted by Gasteiger charge is 2.16. The summed E-state index contributed by atoms with van der Waals surface area (Å²) in [5.41, 5.74) is 6.30. The lowest BCUT2D eigenvalue weighted by atomic mass is 10.2. The van der Waals surface area contributed by atoms with Crippen LogP contribution in [0.2, 0.25) is 0 Å². The number of anilines is 1. The highest BCUT2D eigenvalue weighted by Crippen LogP contribution is 2.38. The molecule has 2 aromatic rings. The van der Waals surface area contributed by atoms with Crippen molar-refractivity contribution in [1.29, 1.82) is 0 Å². The molecule has 0 aliphatic carbocycles. The van der Waals surface area contributed by atoms with Crippen LogP contribution < -0.4 is 15.2 Å². The highest BCUT2D eigenvalue weighted by molar-refractivity contribution is 7.19. The fourth-order valence-electron chi connectivity index (χ4n) is 1.42. The first-order valence-electron chi connectivity index (χ1n) is 4.91. The smallest absolute Gasteiger partial charge is 0.497 e. The van der Waals surface area contributed by atoms with E-state index in [4.69, 9.17) is 15.6 Å². The van der Waals surface area contributed by atoms with Crippen molar-refractivity contribution in [2.45, 2.75) is 0 Å². The van der Waals surface area contributed by atoms with Crippen LogP contribution in [0.5, 0.6) is 11.6 Å². The van der Waals surface area contributed by atoms with Crippen LogP contribution in [0.15, 0.2) is 24.3 Å². The van der Waals surface area contributed by atoms with Gasteiger partial charge < -0.3 is 20.3 Å². The quantitative estimate of drug-likeness (QED) is 0.828. The Morgan fingerprint density at radius 3 is 2.94 bits per heavy atom. The number of rotatable bonds is 3. The molecule has 18 heavy (non-hydrogen) atoms. The Balaban J connectivity index is 2.45. The second-order valence-corrected chi connectivity index (χ2v) is 4.32. The van der Waals surface area contributed by atoms with Crippen LogP contribution in [0, 0.1) is 0 Å². The maximum Gasteiger partial charge on any atom is 0.512 e. The molecule has 1 heterocycles. The van der Waals surface area contributed by atoms with Gasteiger partial charge in [-0.1, -0.05) is 23.5 Å². The molecule has 0 aliphatic heterocycles. The van der Waals surface area contributed by atoms with E-state index in [1.54, 1.807) is 31.4 Å². The van der Waals surface area contributed by atoms with Gasteiger partial charge in [0.2, 0.25) is 5.88 Å². The minimum absolute atomic E-state index is 0.0155. The molecule has 3 N–H and O–H groups in total. The van der Waals surface area contributed by atoms with Crippen molar-refractivity contribution >= 4 is 22.6 Å². The van der Waals surface area contributed by atoms with Gasteiger partial charge in [0.15, 0.2) is 5.13 Å². The molecule has 2 rings (SSSR count). The largest absolute Gasteiger partial charge is 0.512 e. The predicted octanol–water partition coefficient (Wildman–Crippen LogP) is 2.46. The number of carbonyl (C=O) groups is 1. The average Bonchev–Trinajstić information content (AvgIpc) is 2.69. The monoisotopic (exact) mass is 266 g/mol. The number of nitrogen functional groups attached to an aromatic ring is 1. The standard InChI is InChI=1S/C11H10N2O4S/c1-16-7-4-2-3-6(5-7)8-9(17-11(14)15)13-10(12)18-8/h2-5H,1H3,(H2,12,13)(H,14,15). The van der Waals surface area contributed by atoms with Crippen molar-refractivity contribution in [2.75, 3.05) is 12.8 Å². The van der Waals surface area contributed by atoms with E-state index >= 15 is 0 Å². The van der Waals surface area contributed by atoms with E-state index < -0.39 is 6.16 Å². The minimum Gasteiger partial charge on any atom is -0.497 e. The van der Waals surface area contributed by atoms with Gasteiger partial charge in [0.25, 0.3) is 0 Å². The number of hydrogen-bond acceptors (Lipinski definition) is 6. The summed E-state index contributed by atoms with van der Waals surface area (Å²) in [5.74, 6) is 0.638. The predicted molar refractivity (Wildman–Crippen MR) is 67.2 cm³/mol. The molecule has 6 nitrogen and oxygen atoms in total. The third-order valence-corrected chi connectivity index (χ3v) is 3.04. The van der Waals surface area contributed by atoms with Crippen molar-refractivity contribution in [3.8, 4) is 22.1 Å². The summed E-state index contributed by atoms with van der Waals surface area (Å²) in [5, 5.41) is 8.87. The number of carboxylic acid groups (broad SMARTS) is 1. The van der Waals surface area contributed by atoms with Crippen LogP contribution in [-0.4, -0.2) is 23.4 Å². The van der Waals surface area contributed by atoms with Gasteiger partial charge in [-0.2, -0.15) is 4.98 Å². The van der Waals surface area contributed by atoms with Crippen LogP contribution in [0.1, 0.15) is 0 Å². The number of ether oxygens (including phenoxy) is 2. The molecule has 0 radical (unpaired) electrons. The van der Waals surface area contributed by atoms with E-state index in [-0.39, 0.29) is 11.0 Å². The van der Waals surface area contributed by atoms with E-state index in [2.05, 4.69) is 9.72 Å². The second kappa shape index (κ2) is 4.92. The second-order valence-electron chi connectivity index (χ2n) is 3.29. The van der Waals surface area contributed by atoms with E-state index in [1.165, 1.54) is 0 Å². The van der Waals surface area contributed by atoms with Crippen LogP contribution in [-0.2, 0) is 0 Å². The molecular weight excluding hydrogens is 256 g/mol. The summed E-state index contributed by atoms with van der Waals surface area (Å²) in [6.07, 6.45) is -1.43. The highest BCUT2D eigenvalue weighted by atomic mass is 32.1. The molecule has 7 heteroatoms. The molecule has 94 valence electrons. The molecule has 0 saturated heterocycles. The summed E-state index contributed by atoms with van der Waals surface area (Å²) in [7, 11) is 1.55. The van der Waals surface area contributed by atoms with Gasteiger partial charge in [-0.3, -0.25) is 0 Å². The average molecular weight is 266 g/mol. The molecule has 0 fully saturated rings. The van der Waals surface area contributed by atoms with E-state index in [1.807, 2.05) is 0 Å². The van der Waals surface area contributed by atoms with Gasteiger partial charge in [-0.25, -0.2) is 4.79 Å². The lowest BCUT2D eigenvalue weighted by Gasteiger charge is -2.03. The SMILES string of the molecule is COc1cccc(-c2sc(N)nc2OC(=O)O)c1. The summed E-state index contributed by atoms with van der Waals surface area (Å²) >= 11 is 1.15. The first kappa shape index (κ1) is 12.2. The molecule has 1 aromatic carbocycles. The zero-order chi connectivity index (χ0) is 13.1. The third kappa shape index (κ3) is 2.51. The molecular formula is C11H10N2O4S. The van der Waals surface area contributed by atoms with E-state index in [0.717, 1.165) is 16.9 Å². The fourth-order valence-corrected chi connectivity index (χ4v) is 2.18. The normalized spacial score (nSPS) is 10.1. The lowest BCUT2D eigenvalue weighted by molar-refractivity contribution is 0.143. The molecule has 0 unspecified atom stereocenters. The number of hydrogen-bond donors (Lipinski definition) is 2. The van der Waals surface area contributed by atoms with Crippen LogP contribution in [0.25, 0.3) is 10.4 Å². The minimum atomic E-state index is -1.43. The van der Waals surface area contributed by atoms with Crippen molar-refractivity contribution in [2.24, 2.45) is 0 Å². The summed E-state index contributed by atoms with van der Waals surface area (Å²) in [6, 6.07) is 7.12.